The molecule has 0 aliphatic rings. The molecule has 0 fully saturated rings. The predicted molar refractivity (Wildman–Crippen MR) is 51.3 cm³/mol. The molecule has 1 aromatic heterocycles. The molecule has 0 amide bonds. The fraction of sp³-hybridized carbons (Fsp3) is 0.714. The van der Waals surface area contributed by atoms with Gasteiger partial charge in [-0.05, 0) is 6.42 Å². The summed E-state index contributed by atoms with van der Waals surface area (Å²) in [4.78, 5) is 0.524. The predicted octanol–water partition coefficient (Wildman–Crippen LogP) is 2.82. The van der Waals surface area contributed by atoms with Gasteiger partial charge in [0.15, 0.2) is 0 Å². The van der Waals surface area contributed by atoms with Crippen molar-refractivity contribution in [1.82, 2.24) is 10.2 Å². The highest BCUT2D eigenvalue weighted by Crippen LogP contribution is 2.27. The molecule has 0 saturated heterocycles. The molecular weight excluding hydrogens is 224 g/mol. The number of aromatic nitrogens is 2. The van der Waals surface area contributed by atoms with Gasteiger partial charge in [-0.25, -0.2) is 0 Å². The van der Waals surface area contributed by atoms with Crippen molar-refractivity contribution < 1.29 is 0 Å². The number of halogens is 1. The molecule has 0 saturated carbocycles. The third-order valence-corrected chi connectivity index (χ3v) is 4.03. The van der Waals surface area contributed by atoms with E-state index in [1.807, 2.05) is 0 Å². The van der Waals surface area contributed by atoms with E-state index in [-0.39, 0.29) is 0 Å². The molecule has 0 N–H and O–H groups in total. The van der Waals surface area contributed by atoms with Gasteiger partial charge in [0.1, 0.15) is 10.5 Å². The second-order valence-corrected chi connectivity index (χ2v) is 4.53. The number of hydrogen-bond donors (Lipinski definition) is 0. The Labute approximate surface area is 79.2 Å². The normalized spacial score (nSPS) is 16.3. The summed E-state index contributed by atoms with van der Waals surface area (Å²) in [6.45, 7) is 4.33. The quantitative estimate of drug-likeness (QED) is 0.753. The first-order chi connectivity index (χ1) is 5.25. The van der Waals surface area contributed by atoms with Crippen LogP contribution in [0.25, 0.3) is 0 Å². The monoisotopic (exact) mass is 234 g/mol. The van der Waals surface area contributed by atoms with Crippen LogP contribution in [0.1, 0.15) is 31.2 Å². The number of rotatable bonds is 3. The van der Waals surface area contributed by atoms with Crippen molar-refractivity contribution in [3.63, 3.8) is 0 Å². The van der Waals surface area contributed by atoms with Gasteiger partial charge >= 0.3 is 0 Å². The highest BCUT2D eigenvalue weighted by Gasteiger charge is 2.16. The van der Waals surface area contributed by atoms with Gasteiger partial charge in [0.05, 0.1) is 0 Å². The lowest BCUT2D eigenvalue weighted by Crippen LogP contribution is -2.07. The molecule has 2 atom stereocenters. The number of alkyl halides is 1. The maximum absolute atomic E-state index is 4.02. The largest absolute Gasteiger partial charge is 0.147 e. The average molecular weight is 235 g/mol. The molecule has 1 heterocycles. The highest BCUT2D eigenvalue weighted by molar-refractivity contribution is 9.09. The standard InChI is InChI=1S/C7H11BrN2S/c1-3-6(8)5(2)7-10-9-4-11-7/h4-6H,3H2,1-2H3. The second kappa shape index (κ2) is 4.16. The van der Waals surface area contributed by atoms with Crippen LogP contribution in [-0.4, -0.2) is 15.0 Å². The summed E-state index contributed by atoms with van der Waals surface area (Å²) in [5, 5.41) is 8.95. The molecule has 1 aromatic rings. The van der Waals surface area contributed by atoms with Crippen LogP contribution in [0.2, 0.25) is 0 Å². The Morgan fingerprint density at radius 3 is 2.91 bits per heavy atom. The Morgan fingerprint density at radius 1 is 1.73 bits per heavy atom. The third kappa shape index (κ3) is 2.24. The highest BCUT2D eigenvalue weighted by atomic mass is 79.9. The summed E-state index contributed by atoms with van der Waals surface area (Å²) in [6.07, 6.45) is 1.13. The van der Waals surface area contributed by atoms with Crippen molar-refractivity contribution in [3.05, 3.63) is 10.5 Å². The first-order valence-corrected chi connectivity index (χ1v) is 5.45. The van der Waals surface area contributed by atoms with Crippen LogP contribution in [-0.2, 0) is 0 Å². The van der Waals surface area contributed by atoms with Crippen molar-refractivity contribution in [2.75, 3.05) is 0 Å². The summed E-state index contributed by atoms with van der Waals surface area (Å²) in [7, 11) is 0. The zero-order valence-electron chi connectivity index (χ0n) is 6.62. The van der Waals surface area contributed by atoms with Crippen molar-refractivity contribution in [2.45, 2.75) is 31.0 Å². The van der Waals surface area contributed by atoms with Crippen molar-refractivity contribution in [2.24, 2.45) is 0 Å². The minimum atomic E-state index is 0.479. The molecule has 1 rings (SSSR count). The van der Waals surface area contributed by atoms with E-state index < -0.39 is 0 Å². The molecule has 0 radical (unpaired) electrons. The lowest BCUT2D eigenvalue weighted by Gasteiger charge is -2.12. The van der Waals surface area contributed by atoms with Crippen molar-refractivity contribution in [3.8, 4) is 0 Å². The summed E-state index contributed by atoms with van der Waals surface area (Å²) in [5.41, 5.74) is 1.78. The zero-order chi connectivity index (χ0) is 8.27. The third-order valence-electron chi connectivity index (χ3n) is 1.70. The van der Waals surface area contributed by atoms with Crippen LogP contribution in [0.5, 0.6) is 0 Å². The van der Waals surface area contributed by atoms with Crippen LogP contribution in [0, 0.1) is 0 Å². The topological polar surface area (TPSA) is 25.8 Å². The van der Waals surface area contributed by atoms with Crippen LogP contribution in [0.4, 0.5) is 0 Å². The minimum absolute atomic E-state index is 0.479. The average Bonchev–Trinajstić information content (AvgIpc) is 2.53. The molecule has 0 aliphatic carbocycles. The molecule has 2 nitrogen and oxygen atoms in total. The minimum Gasteiger partial charge on any atom is -0.147 e. The zero-order valence-corrected chi connectivity index (χ0v) is 9.02. The van der Waals surface area contributed by atoms with E-state index >= 15 is 0 Å². The smallest absolute Gasteiger partial charge is 0.121 e. The second-order valence-electron chi connectivity index (χ2n) is 2.49. The SMILES string of the molecule is CCC(Br)C(C)c1nncs1. The Kier molecular flexibility index (Phi) is 3.45. The molecule has 0 aromatic carbocycles. The molecule has 4 heteroatoms. The van der Waals surface area contributed by atoms with Gasteiger partial charge in [-0.2, -0.15) is 0 Å². The lowest BCUT2D eigenvalue weighted by atomic mass is 10.1. The van der Waals surface area contributed by atoms with E-state index in [0.717, 1.165) is 11.4 Å². The first kappa shape index (κ1) is 9.13. The van der Waals surface area contributed by atoms with Crippen LogP contribution in [0.3, 0.4) is 0 Å². The van der Waals surface area contributed by atoms with E-state index in [9.17, 15) is 0 Å². The van der Waals surface area contributed by atoms with E-state index in [0.29, 0.717) is 10.7 Å². The van der Waals surface area contributed by atoms with Crippen LogP contribution < -0.4 is 0 Å². The summed E-state index contributed by atoms with van der Waals surface area (Å²) < 4.78 is 0. The Bertz CT molecular complexity index is 200. The van der Waals surface area contributed by atoms with Crippen molar-refractivity contribution >= 4 is 27.3 Å². The van der Waals surface area contributed by atoms with Gasteiger partial charge in [0, 0.05) is 10.7 Å². The lowest BCUT2D eigenvalue weighted by molar-refractivity contribution is 0.681. The van der Waals surface area contributed by atoms with E-state index in [1.54, 1.807) is 16.8 Å². The summed E-state index contributed by atoms with van der Waals surface area (Å²) in [6, 6.07) is 0. The van der Waals surface area contributed by atoms with Crippen LogP contribution >= 0.6 is 27.3 Å². The molecule has 0 aliphatic heterocycles. The number of hydrogen-bond acceptors (Lipinski definition) is 3. The molecule has 2 unspecified atom stereocenters. The molecular formula is C7H11BrN2S. The van der Waals surface area contributed by atoms with Gasteiger partial charge in [0.2, 0.25) is 0 Å². The van der Waals surface area contributed by atoms with Gasteiger partial charge < -0.3 is 0 Å². The summed E-state index contributed by atoms with van der Waals surface area (Å²) >= 11 is 5.22. The fourth-order valence-corrected chi connectivity index (χ4v) is 1.99. The van der Waals surface area contributed by atoms with E-state index in [2.05, 4.69) is 40.0 Å². The van der Waals surface area contributed by atoms with Crippen molar-refractivity contribution in [1.29, 1.82) is 0 Å². The molecule has 0 spiro atoms. The Hall–Kier alpha value is 0.0400. The number of nitrogens with zero attached hydrogens (tertiary/aromatic N) is 2. The van der Waals surface area contributed by atoms with Gasteiger partial charge in [-0.15, -0.1) is 21.5 Å². The maximum atomic E-state index is 4.02. The van der Waals surface area contributed by atoms with Gasteiger partial charge in [-0.1, -0.05) is 29.8 Å². The Balaban J connectivity index is 2.62. The Morgan fingerprint density at radius 2 is 2.45 bits per heavy atom. The molecule has 62 valence electrons. The molecule has 11 heavy (non-hydrogen) atoms. The maximum Gasteiger partial charge on any atom is 0.121 e. The first-order valence-electron chi connectivity index (χ1n) is 3.65. The van der Waals surface area contributed by atoms with E-state index in [4.69, 9.17) is 0 Å². The van der Waals surface area contributed by atoms with E-state index in [1.165, 1.54) is 0 Å². The van der Waals surface area contributed by atoms with Gasteiger partial charge in [-0.3, -0.25) is 0 Å². The van der Waals surface area contributed by atoms with Gasteiger partial charge in [0.25, 0.3) is 0 Å². The summed E-state index contributed by atoms with van der Waals surface area (Å²) in [5.74, 6) is 0.479. The fourth-order valence-electron chi connectivity index (χ4n) is 0.888. The molecule has 0 bridgehead atoms. The van der Waals surface area contributed by atoms with Crippen LogP contribution in [0.15, 0.2) is 5.51 Å².